The highest BCUT2D eigenvalue weighted by Crippen LogP contribution is 2.26. The average molecular weight is 203 g/mol. The number of hydrogen-bond donors (Lipinski definition) is 1. The molecule has 0 saturated heterocycles. The second-order valence-electron chi connectivity index (χ2n) is 3.43. The van der Waals surface area contributed by atoms with Crippen molar-refractivity contribution >= 4 is 10.9 Å². The zero-order valence-corrected chi connectivity index (χ0v) is 8.82. The Morgan fingerprint density at radius 2 is 2.07 bits per heavy atom. The van der Waals surface area contributed by atoms with Crippen molar-refractivity contribution in [2.75, 3.05) is 7.11 Å². The summed E-state index contributed by atoms with van der Waals surface area (Å²) in [6.07, 6.45) is 0. The molecule has 2 rings (SSSR count). The van der Waals surface area contributed by atoms with Gasteiger partial charge in [0.25, 0.3) is 0 Å². The summed E-state index contributed by atoms with van der Waals surface area (Å²) >= 11 is 0. The van der Waals surface area contributed by atoms with Crippen LogP contribution in [0.1, 0.15) is 11.3 Å². The van der Waals surface area contributed by atoms with Crippen molar-refractivity contribution in [1.29, 1.82) is 0 Å². The molecule has 0 aliphatic carbocycles. The second kappa shape index (κ2) is 3.87. The van der Waals surface area contributed by atoms with Crippen LogP contribution < -0.4 is 4.74 Å². The van der Waals surface area contributed by atoms with Crippen molar-refractivity contribution in [3.8, 4) is 5.75 Å². The van der Waals surface area contributed by atoms with Gasteiger partial charge in [-0.25, -0.2) is 4.98 Å². The van der Waals surface area contributed by atoms with E-state index in [0.29, 0.717) is 0 Å². The number of aliphatic hydroxyl groups excluding tert-OH is 1. The standard InChI is InChI=1S/C12H13NO2/c1-8-3-5-10-9(7-14)4-6-11(15-2)12(10)13-8/h3-6,14H,7H2,1-2H3. The predicted molar refractivity (Wildman–Crippen MR) is 59.0 cm³/mol. The van der Waals surface area contributed by atoms with E-state index in [1.54, 1.807) is 7.11 Å². The lowest BCUT2D eigenvalue weighted by Gasteiger charge is -2.08. The van der Waals surface area contributed by atoms with Crippen molar-refractivity contribution in [2.45, 2.75) is 13.5 Å². The first-order chi connectivity index (χ1) is 7.26. The zero-order chi connectivity index (χ0) is 10.8. The van der Waals surface area contributed by atoms with Crippen LogP contribution in [0.25, 0.3) is 10.9 Å². The van der Waals surface area contributed by atoms with Crippen LogP contribution in [-0.2, 0) is 6.61 Å². The van der Waals surface area contributed by atoms with Crippen LogP contribution in [0.2, 0.25) is 0 Å². The average Bonchev–Trinajstić information content (AvgIpc) is 2.27. The molecule has 3 nitrogen and oxygen atoms in total. The first-order valence-corrected chi connectivity index (χ1v) is 4.80. The van der Waals surface area contributed by atoms with Crippen LogP contribution in [0.5, 0.6) is 5.75 Å². The SMILES string of the molecule is COc1ccc(CO)c2ccc(C)nc12. The quantitative estimate of drug-likeness (QED) is 0.812. The molecular weight excluding hydrogens is 190 g/mol. The fourth-order valence-electron chi connectivity index (χ4n) is 1.65. The Labute approximate surface area is 88.3 Å². The van der Waals surface area contributed by atoms with Gasteiger partial charge in [0, 0.05) is 11.1 Å². The Hall–Kier alpha value is -1.61. The molecule has 1 N–H and O–H groups in total. The number of hydrogen-bond acceptors (Lipinski definition) is 3. The number of aromatic nitrogens is 1. The van der Waals surface area contributed by atoms with Crippen molar-refractivity contribution in [2.24, 2.45) is 0 Å². The largest absolute Gasteiger partial charge is 0.494 e. The topological polar surface area (TPSA) is 42.4 Å². The number of ether oxygens (including phenoxy) is 1. The third-order valence-corrected chi connectivity index (χ3v) is 2.44. The molecule has 1 aromatic heterocycles. The minimum atomic E-state index is 0.0191. The van der Waals surface area contributed by atoms with Gasteiger partial charge >= 0.3 is 0 Å². The minimum Gasteiger partial charge on any atom is -0.494 e. The van der Waals surface area contributed by atoms with Crippen molar-refractivity contribution in [3.05, 3.63) is 35.5 Å². The number of fused-ring (bicyclic) bond motifs is 1. The van der Waals surface area contributed by atoms with Crippen LogP contribution in [0.3, 0.4) is 0 Å². The minimum absolute atomic E-state index is 0.0191. The van der Waals surface area contributed by atoms with E-state index in [2.05, 4.69) is 4.98 Å². The number of aryl methyl sites for hydroxylation is 1. The molecule has 0 unspecified atom stereocenters. The van der Waals surface area contributed by atoms with Gasteiger partial charge in [-0.2, -0.15) is 0 Å². The maximum atomic E-state index is 9.20. The molecule has 0 radical (unpaired) electrons. The summed E-state index contributed by atoms with van der Waals surface area (Å²) in [6.45, 7) is 1.95. The lowest BCUT2D eigenvalue weighted by molar-refractivity contribution is 0.283. The smallest absolute Gasteiger partial charge is 0.145 e. The Morgan fingerprint density at radius 1 is 1.27 bits per heavy atom. The zero-order valence-electron chi connectivity index (χ0n) is 8.82. The number of nitrogens with zero attached hydrogens (tertiary/aromatic N) is 1. The van der Waals surface area contributed by atoms with Gasteiger partial charge < -0.3 is 9.84 Å². The number of methoxy groups -OCH3 is 1. The number of pyridine rings is 1. The molecular formula is C12H13NO2. The van der Waals surface area contributed by atoms with Gasteiger partial charge in [0.05, 0.1) is 13.7 Å². The van der Waals surface area contributed by atoms with E-state index in [9.17, 15) is 5.11 Å². The van der Waals surface area contributed by atoms with E-state index in [1.807, 2.05) is 31.2 Å². The molecule has 1 aromatic carbocycles. The molecule has 15 heavy (non-hydrogen) atoms. The van der Waals surface area contributed by atoms with Crippen LogP contribution in [0.4, 0.5) is 0 Å². The second-order valence-corrected chi connectivity index (χ2v) is 3.43. The molecule has 0 spiro atoms. The summed E-state index contributed by atoms with van der Waals surface area (Å²) in [6, 6.07) is 7.59. The van der Waals surface area contributed by atoms with E-state index < -0.39 is 0 Å². The van der Waals surface area contributed by atoms with E-state index >= 15 is 0 Å². The van der Waals surface area contributed by atoms with Gasteiger partial charge in [-0.05, 0) is 24.6 Å². The lowest BCUT2D eigenvalue weighted by atomic mass is 10.1. The number of benzene rings is 1. The third-order valence-electron chi connectivity index (χ3n) is 2.44. The molecule has 2 aromatic rings. The third kappa shape index (κ3) is 1.66. The van der Waals surface area contributed by atoms with Crippen molar-refractivity contribution in [3.63, 3.8) is 0 Å². The van der Waals surface area contributed by atoms with E-state index in [0.717, 1.165) is 27.9 Å². The van der Waals surface area contributed by atoms with Crippen LogP contribution in [-0.4, -0.2) is 17.2 Å². The monoisotopic (exact) mass is 203 g/mol. The molecule has 0 fully saturated rings. The molecule has 1 heterocycles. The van der Waals surface area contributed by atoms with Gasteiger partial charge in [-0.3, -0.25) is 0 Å². The summed E-state index contributed by atoms with van der Waals surface area (Å²) in [4.78, 5) is 4.42. The molecule has 78 valence electrons. The summed E-state index contributed by atoms with van der Waals surface area (Å²) in [5.41, 5.74) is 2.62. The number of rotatable bonds is 2. The van der Waals surface area contributed by atoms with Gasteiger partial charge in [0.1, 0.15) is 11.3 Å². The Bertz CT molecular complexity index is 494. The van der Waals surface area contributed by atoms with Gasteiger partial charge in [-0.15, -0.1) is 0 Å². The molecule has 3 heteroatoms. The summed E-state index contributed by atoms with van der Waals surface area (Å²) < 4.78 is 5.24. The highest BCUT2D eigenvalue weighted by Gasteiger charge is 2.06. The van der Waals surface area contributed by atoms with E-state index in [4.69, 9.17) is 4.74 Å². The van der Waals surface area contributed by atoms with Crippen LogP contribution in [0.15, 0.2) is 24.3 Å². The summed E-state index contributed by atoms with van der Waals surface area (Å²) in [5, 5.41) is 10.1. The predicted octanol–water partition coefficient (Wildman–Crippen LogP) is 2.04. The highest BCUT2D eigenvalue weighted by atomic mass is 16.5. The number of aliphatic hydroxyl groups is 1. The van der Waals surface area contributed by atoms with Crippen molar-refractivity contribution < 1.29 is 9.84 Å². The highest BCUT2D eigenvalue weighted by molar-refractivity contribution is 5.87. The lowest BCUT2D eigenvalue weighted by Crippen LogP contribution is -1.93. The van der Waals surface area contributed by atoms with E-state index in [1.165, 1.54) is 0 Å². The fourth-order valence-corrected chi connectivity index (χ4v) is 1.65. The first kappa shape index (κ1) is 9.93. The van der Waals surface area contributed by atoms with Crippen LogP contribution in [0, 0.1) is 6.92 Å². The van der Waals surface area contributed by atoms with Gasteiger partial charge in [0.2, 0.25) is 0 Å². The molecule has 0 amide bonds. The van der Waals surface area contributed by atoms with Gasteiger partial charge in [0.15, 0.2) is 0 Å². The van der Waals surface area contributed by atoms with Crippen LogP contribution >= 0.6 is 0 Å². The summed E-state index contributed by atoms with van der Waals surface area (Å²) in [7, 11) is 1.62. The maximum Gasteiger partial charge on any atom is 0.145 e. The Morgan fingerprint density at radius 3 is 2.73 bits per heavy atom. The molecule has 0 aliphatic rings. The molecule has 0 bridgehead atoms. The Balaban J connectivity index is 2.80. The molecule has 0 saturated carbocycles. The summed E-state index contributed by atoms with van der Waals surface area (Å²) in [5.74, 6) is 0.742. The Kier molecular flexibility index (Phi) is 2.56. The van der Waals surface area contributed by atoms with E-state index in [-0.39, 0.29) is 6.61 Å². The molecule has 0 atom stereocenters. The fraction of sp³-hybridized carbons (Fsp3) is 0.250. The molecule has 0 aliphatic heterocycles. The van der Waals surface area contributed by atoms with Crippen molar-refractivity contribution in [1.82, 2.24) is 4.98 Å². The first-order valence-electron chi connectivity index (χ1n) is 4.80. The van der Waals surface area contributed by atoms with Gasteiger partial charge in [-0.1, -0.05) is 12.1 Å². The normalized spacial score (nSPS) is 10.6. The maximum absolute atomic E-state index is 9.20.